The number of aliphatic hydroxyl groups excluding tert-OH is 1. The number of aromatic nitrogens is 2. The Kier molecular flexibility index (Phi) is 4.63. The molecule has 0 atom stereocenters. The number of nitrogens with zero attached hydrogens (tertiary/aromatic N) is 2. The van der Waals surface area contributed by atoms with Crippen molar-refractivity contribution in [1.82, 2.24) is 9.55 Å². The van der Waals surface area contributed by atoms with Gasteiger partial charge < -0.3 is 21.1 Å². The smallest absolute Gasteiger partial charge is 0.248 e. The number of primary amides is 1. The van der Waals surface area contributed by atoms with Gasteiger partial charge in [-0.25, -0.2) is 4.98 Å². The number of hydrogen-bond donors (Lipinski definition) is 3. The summed E-state index contributed by atoms with van der Waals surface area (Å²) in [6.45, 7) is 1.44. The molecule has 0 spiro atoms. The maximum atomic E-state index is 11.4. The number of imidazole rings is 1. The second kappa shape index (κ2) is 6.68. The molecule has 1 saturated carbocycles. The molecule has 23 heavy (non-hydrogen) atoms. The predicted molar refractivity (Wildman–Crippen MR) is 89.1 cm³/mol. The van der Waals surface area contributed by atoms with Crippen molar-refractivity contribution < 1.29 is 9.90 Å². The lowest BCUT2D eigenvalue weighted by Gasteiger charge is -2.25. The number of carbonyl (C=O) groups excluding carboxylic acids is 1. The summed E-state index contributed by atoms with van der Waals surface area (Å²) in [5.74, 6) is 0.952. The predicted octanol–water partition coefficient (Wildman–Crippen LogP) is 1.50. The fourth-order valence-corrected chi connectivity index (χ4v) is 3.43. The van der Waals surface area contributed by atoms with Crippen LogP contribution < -0.4 is 11.5 Å². The number of benzene rings is 1. The minimum absolute atomic E-state index is 0.186. The third-order valence-corrected chi connectivity index (χ3v) is 4.71. The van der Waals surface area contributed by atoms with E-state index in [0.29, 0.717) is 18.0 Å². The molecule has 1 heterocycles. The fraction of sp³-hybridized carbons (Fsp3) is 0.529. The summed E-state index contributed by atoms with van der Waals surface area (Å²) in [5, 5.41) is 9.73. The Hall–Kier alpha value is -1.92. The first-order valence-electron chi connectivity index (χ1n) is 8.28. The van der Waals surface area contributed by atoms with Gasteiger partial charge in [0, 0.05) is 18.0 Å². The van der Waals surface area contributed by atoms with Gasteiger partial charge in [-0.15, -0.1) is 0 Å². The zero-order valence-corrected chi connectivity index (χ0v) is 13.2. The molecule has 1 aliphatic carbocycles. The van der Waals surface area contributed by atoms with Gasteiger partial charge in [-0.1, -0.05) is 0 Å². The standard InChI is InChI=1S/C17H24N4O2/c18-8-1-9-21-15-7-4-12(16(19)23)10-14(15)20-17(21)11-2-5-13(22)6-3-11/h4,7,10-11,13,22H,1-3,5-6,8-9,18H2,(H2,19,23). The Morgan fingerprint density at radius 2 is 2.04 bits per heavy atom. The summed E-state index contributed by atoms with van der Waals surface area (Å²) < 4.78 is 2.22. The number of nitrogens with two attached hydrogens (primary N) is 2. The highest BCUT2D eigenvalue weighted by atomic mass is 16.3. The number of rotatable bonds is 5. The van der Waals surface area contributed by atoms with Crippen molar-refractivity contribution in [2.45, 2.75) is 50.7 Å². The van der Waals surface area contributed by atoms with E-state index >= 15 is 0 Å². The fourth-order valence-electron chi connectivity index (χ4n) is 3.43. The van der Waals surface area contributed by atoms with E-state index in [1.165, 1.54) is 0 Å². The van der Waals surface area contributed by atoms with Crippen molar-refractivity contribution in [2.24, 2.45) is 11.5 Å². The van der Waals surface area contributed by atoms with Crippen molar-refractivity contribution in [3.8, 4) is 0 Å². The molecule has 1 aromatic heterocycles. The van der Waals surface area contributed by atoms with E-state index in [-0.39, 0.29) is 6.10 Å². The molecule has 1 amide bonds. The molecular formula is C17H24N4O2. The van der Waals surface area contributed by atoms with E-state index in [1.54, 1.807) is 12.1 Å². The van der Waals surface area contributed by atoms with Crippen LogP contribution in [0.2, 0.25) is 0 Å². The Morgan fingerprint density at radius 3 is 2.70 bits per heavy atom. The van der Waals surface area contributed by atoms with Crippen LogP contribution in [0.5, 0.6) is 0 Å². The van der Waals surface area contributed by atoms with E-state index in [9.17, 15) is 9.90 Å². The number of carbonyl (C=O) groups is 1. The van der Waals surface area contributed by atoms with E-state index in [4.69, 9.17) is 16.5 Å². The highest BCUT2D eigenvalue weighted by Gasteiger charge is 2.25. The molecule has 0 saturated heterocycles. The molecule has 0 bridgehead atoms. The van der Waals surface area contributed by atoms with Crippen LogP contribution in [0.25, 0.3) is 11.0 Å². The maximum Gasteiger partial charge on any atom is 0.248 e. The van der Waals surface area contributed by atoms with Gasteiger partial charge in [-0.3, -0.25) is 4.79 Å². The first kappa shape index (κ1) is 16.0. The Labute approximate surface area is 135 Å². The van der Waals surface area contributed by atoms with E-state index in [0.717, 1.165) is 55.5 Å². The third-order valence-electron chi connectivity index (χ3n) is 4.71. The SMILES string of the molecule is NCCCn1c(C2CCC(O)CC2)nc2cc(C(N)=O)ccc21. The molecule has 0 radical (unpaired) electrons. The van der Waals surface area contributed by atoms with Crippen molar-refractivity contribution in [2.75, 3.05) is 6.54 Å². The van der Waals surface area contributed by atoms with Gasteiger partial charge in [-0.05, 0) is 56.8 Å². The molecule has 1 aromatic carbocycles. The second-order valence-electron chi connectivity index (χ2n) is 6.34. The molecule has 5 N–H and O–H groups in total. The third kappa shape index (κ3) is 3.23. The van der Waals surface area contributed by atoms with Gasteiger partial charge in [0.2, 0.25) is 5.91 Å². The normalized spacial score (nSPS) is 21.7. The zero-order chi connectivity index (χ0) is 16.4. The minimum Gasteiger partial charge on any atom is -0.393 e. The molecule has 2 aromatic rings. The highest BCUT2D eigenvalue weighted by Crippen LogP contribution is 2.34. The van der Waals surface area contributed by atoms with Gasteiger partial charge in [0.25, 0.3) is 0 Å². The second-order valence-corrected chi connectivity index (χ2v) is 6.34. The number of aryl methyl sites for hydroxylation is 1. The first-order valence-corrected chi connectivity index (χ1v) is 8.28. The van der Waals surface area contributed by atoms with Gasteiger partial charge in [0.1, 0.15) is 5.82 Å². The summed E-state index contributed by atoms with van der Waals surface area (Å²) in [7, 11) is 0. The number of amides is 1. The molecule has 124 valence electrons. The van der Waals surface area contributed by atoms with E-state index < -0.39 is 5.91 Å². The van der Waals surface area contributed by atoms with Crippen molar-refractivity contribution in [3.63, 3.8) is 0 Å². The summed E-state index contributed by atoms with van der Waals surface area (Å²) in [6.07, 6.45) is 4.21. The van der Waals surface area contributed by atoms with Crippen molar-refractivity contribution in [3.05, 3.63) is 29.6 Å². The quantitative estimate of drug-likeness (QED) is 0.777. The van der Waals surface area contributed by atoms with Gasteiger partial charge in [-0.2, -0.15) is 0 Å². The molecule has 1 aliphatic rings. The van der Waals surface area contributed by atoms with Gasteiger partial charge in [0.05, 0.1) is 17.1 Å². The number of aliphatic hydroxyl groups is 1. The summed E-state index contributed by atoms with van der Waals surface area (Å²) in [6, 6.07) is 5.43. The lowest BCUT2D eigenvalue weighted by Crippen LogP contribution is -2.20. The molecule has 6 nitrogen and oxygen atoms in total. The topological polar surface area (TPSA) is 107 Å². The Bertz CT molecular complexity index is 702. The van der Waals surface area contributed by atoms with Crippen LogP contribution in [0.3, 0.4) is 0 Å². The van der Waals surface area contributed by atoms with Crippen LogP contribution in [0.1, 0.15) is 54.2 Å². The van der Waals surface area contributed by atoms with Crippen molar-refractivity contribution >= 4 is 16.9 Å². The van der Waals surface area contributed by atoms with Crippen LogP contribution in [0, 0.1) is 0 Å². The van der Waals surface area contributed by atoms with Gasteiger partial charge in [0.15, 0.2) is 0 Å². The zero-order valence-electron chi connectivity index (χ0n) is 13.2. The molecule has 6 heteroatoms. The Balaban J connectivity index is 2.01. The molecule has 3 rings (SSSR count). The first-order chi connectivity index (χ1) is 11.1. The van der Waals surface area contributed by atoms with Crippen LogP contribution in [-0.2, 0) is 6.54 Å². The number of fused-ring (bicyclic) bond motifs is 1. The van der Waals surface area contributed by atoms with E-state index in [2.05, 4.69) is 4.57 Å². The Morgan fingerprint density at radius 1 is 1.30 bits per heavy atom. The highest BCUT2D eigenvalue weighted by molar-refractivity contribution is 5.96. The van der Waals surface area contributed by atoms with Gasteiger partial charge >= 0.3 is 0 Å². The van der Waals surface area contributed by atoms with Crippen LogP contribution >= 0.6 is 0 Å². The largest absolute Gasteiger partial charge is 0.393 e. The summed E-state index contributed by atoms with van der Waals surface area (Å²) in [4.78, 5) is 16.2. The summed E-state index contributed by atoms with van der Waals surface area (Å²) in [5.41, 5.74) is 13.3. The summed E-state index contributed by atoms with van der Waals surface area (Å²) >= 11 is 0. The van der Waals surface area contributed by atoms with Crippen molar-refractivity contribution in [1.29, 1.82) is 0 Å². The van der Waals surface area contributed by atoms with Crippen LogP contribution in [0.15, 0.2) is 18.2 Å². The minimum atomic E-state index is -0.439. The van der Waals surface area contributed by atoms with E-state index in [1.807, 2.05) is 6.07 Å². The monoisotopic (exact) mass is 316 g/mol. The average Bonchev–Trinajstić information content (AvgIpc) is 2.91. The molecule has 1 fully saturated rings. The lowest BCUT2D eigenvalue weighted by molar-refractivity contribution is 0.100. The van der Waals surface area contributed by atoms with Crippen LogP contribution in [0.4, 0.5) is 0 Å². The lowest BCUT2D eigenvalue weighted by atomic mass is 9.87. The molecule has 0 aliphatic heterocycles. The van der Waals surface area contributed by atoms with Crippen LogP contribution in [-0.4, -0.2) is 33.2 Å². The maximum absolute atomic E-state index is 11.4. The number of hydrogen-bond acceptors (Lipinski definition) is 4. The molecule has 0 unspecified atom stereocenters. The molecular weight excluding hydrogens is 292 g/mol. The average molecular weight is 316 g/mol.